The highest BCUT2D eigenvalue weighted by Crippen LogP contribution is 2.31. The molecule has 0 aromatic heterocycles. The van der Waals surface area contributed by atoms with Crippen LogP contribution in [-0.2, 0) is 26.2 Å². The molecule has 0 spiro atoms. The molecule has 0 fully saturated rings. The van der Waals surface area contributed by atoms with Crippen molar-refractivity contribution >= 4 is 27.5 Å². The van der Waals surface area contributed by atoms with Crippen LogP contribution in [0.2, 0.25) is 0 Å². The third-order valence-corrected chi connectivity index (χ3v) is 6.42. The number of nitrogens with zero attached hydrogens (tertiary/aromatic N) is 2. The minimum absolute atomic E-state index is 0.169. The summed E-state index contributed by atoms with van der Waals surface area (Å²) in [5.74, 6) is -0.511. The minimum atomic E-state index is -3.82. The van der Waals surface area contributed by atoms with Crippen LogP contribution in [-0.4, -0.2) is 58.1 Å². The Kier molecular flexibility index (Phi) is 8.26. The van der Waals surface area contributed by atoms with Crippen LogP contribution in [0.25, 0.3) is 0 Å². The molecule has 0 unspecified atom stereocenters. The molecular weight excluding hydrogens is 430 g/mol. The Morgan fingerprint density at radius 1 is 1.12 bits per heavy atom. The van der Waals surface area contributed by atoms with Crippen LogP contribution in [0.1, 0.15) is 23.6 Å². The van der Waals surface area contributed by atoms with Gasteiger partial charge in [0.2, 0.25) is 21.8 Å². The number of hydrogen-bond donors (Lipinski definition) is 1. The second-order valence-corrected chi connectivity index (χ2v) is 9.59. The van der Waals surface area contributed by atoms with E-state index >= 15 is 0 Å². The van der Waals surface area contributed by atoms with Gasteiger partial charge in [0.05, 0.1) is 19.1 Å². The molecule has 0 aliphatic rings. The Bertz CT molecular complexity index is 1080. The molecule has 0 aliphatic carbocycles. The number of anilines is 1. The molecule has 2 aromatic carbocycles. The van der Waals surface area contributed by atoms with Crippen molar-refractivity contribution in [3.63, 3.8) is 0 Å². The van der Waals surface area contributed by atoms with Gasteiger partial charge in [-0.2, -0.15) is 0 Å². The Hall–Kier alpha value is -3.07. The van der Waals surface area contributed by atoms with Gasteiger partial charge in [-0.15, -0.1) is 0 Å². The fourth-order valence-corrected chi connectivity index (χ4v) is 4.20. The van der Waals surface area contributed by atoms with Crippen molar-refractivity contribution < 1.29 is 22.7 Å². The number of aryl methyl sites for hydroxylation is 2. The van der Waals surface area contributed by atoms with Crippen LogP contribution in [0.3, 0.4) is 0 Å². The van der Waals surface area contributed by atoms with E-state index < -0.39 is 28.5 Å². The zero-order valence-electron chi connectivity index (χ0n) is 19.4. The third-order valence-electron chi connectivity index (χ3n) is 5.30. The summed E-state index contributed by atoms with van der Waals surface area (Å²) >= 11 is 0. The average molecular weight is 462 g/mol. The summed E-state index contributed by atoms with van der Waals surface area (Å²) in [5, 5.41) is 2.56. The maximum atomic E-state index is 13.4. The van der Waals surface area contributed by atoms with Gasteiger partial charge in [-0.3, -0.25) is 13.9 Å². The molecule has 0 aliphatic heterocycles. The average Bonchev–Trinajstić information content (AvgIpc) is 2.74. The summed E-state index contributed by atoms with van der Waals surface area (Å²) in [4.78, 5) is 27.2. The number of rotatable bonds is 9. The topological polar surface area (TPSA) is 96.0 Å². The number of hydrogen-bond acceptors (Lipinski definition) is 5. The van der Waals surface area contributed by atoms with Gasteiger partial charge >= 0.3 is 0 Å². The Morgan fingerprint density at radius 3 is 2.34 bits per heavy atom. The van der Waals surface area contributed by atoms with Crippen molar-refractivity contribution in [2.45, 2.75) is 33.4 Å². The first kappa shape index (κ1) is 25.2. The first-order valence-corrected chi connectivity index (χ1v) is 12.0. The van der Waals surface area contributed by atoms with Gasteiger partial charge in [0.25, 0.3) is 0 Å². The summed E-state index contributed by atoms with van der Waals surface area (Å²) in [5.41, 5.74) is 2.93. The van der Waals surface area contributed by atoms with Gasteiger partial charge < -0.3 is 15.0 Å². The standard InChI is InChI=1S/C23H31N3O5S/c1-16-11-12-21(31-5)20(13-16)26(32(6,29)30)15-22(27)25(18(3)23(28)24-4)14-19-10-8-7-9-17(19)2/h7-13,18H,14-15H2,1-6H3,(H,24,28)/t18-/m1/s1. The van der Waals surface area contributed by atoms with E-state index in [9.17, 15) is 18.0 Å². The van der Waals surface area contributed by atoms with Crippen molar-refractivity contribution in [1.29, 1.82) is 0 Å². The first-order chi connectivity index (χ1) is 15.0. The quantitative estimate of drug-likeness (QED) is 0.618. The number of methoxy groups -OCH3 is 1. The predicted octanol–water partition coefficient (Wildman–Crippen LogP) is 2.24. The number of sulfonamides is 1. The number of likely N-dealkylation sites (N-methyl/N-ethyl adjacent to an activating group) is 1. The summed E-state index contributed by atoms with van der Waals surface area (Å²) in [6.45, 7) is 5.06. The molecule has 2 amide bonds. The van der Waals surface area contributed by atoms with E-state index in [1.807, 2.05) is 38.1 Å². The van der Waals surface area contributed by atoms with Crippen LogP contribution < -0.4 is 14.4 Å². The van der Waals surface area contributed by atoms with Crippen LogP contribution in [0, 0.1) is 13.8 Å². The van der Waals surface area contributed by atoms with E-state index in [2.05, 4.69) is 5.32 Å². The summed E-state index contributed by atoms with van der Waals surface area (Å²) in [7, 11) is -0.888. The van der Waals surface area contributed by atoms with Crippen molar-refractivity contribution in [2.75, 3.05) is 31.3 Å². The number of carbonyl (C=O) groups excluding carboxylic acids is 2. The molecular formula is C23H31N3O5S. The number of benzene rings is 2. The molecule has 2 aromatic rings. The van der Waals surface area contributed by atoms with Crippen LogP contribution >= 0.6 is 0 Å². The maximum absolute atomic E-state index is 13.4. The van der Waals surface area contributed by atoms with E-state index in [-0.39, 0.29) is 18.1 Å². The molecule has 8 nitrogen and oxygen atoms in total. The van der Waals surface area contributed by atoms with Crippen LogP contribution in [0.15, 0.2) is 42.5 Å². The van der Waals surface area contributed by atoms with Gasteiger partial charge in [0, 0.05) is 13.6 Å². The molecule has 0 radical (unpaired) electrons. The van der Waals surface area contributed by atoms with Crippen molar-refractivity contribution in [3.8, 4) is 5.75 Å². The van der Waals surface area contributed by atoms with Gasteiger partial charge in [0.1, 0.15) is 18.3 Å². The Balaban J connectivity index is 2.47. The molecule has 174 valence electrons. The van der Waals surface area contributed by atoms with Crippen molar-refractivity contribution in [3.05, 3.63) is 59.2 Å². The van der Waals surface area contributed by atoms with E-state index in [4.69, 9.17) is 4.74 Å². The molecule has 1 atom stereocenters. The molecule has 0 saturated carbocycles. The summed E-state index contributed by atoms with van der Waals surface area (Å²) in [6.07, 6.45) is 1.04. The minimum Gasteiger partial charge on any atom is -0.495 e. The van der Waals surface area contributed by atoms with E-state index in [0.29, 0.717) is 5.75 Å². The van der Waals surface area contributed by atoms with E-state index in [1.54, 1.807) is 25.1 Å². The second-order valence-electron chi connectivity index (χ2n) is 7.68. The smallest absolute Gasteiger partial charge is 0.244 e. The lowest BCUT2D eigenvalue weighted by Gasteiger charge is -2.32. The fraction of sp³-hybridized carbons (Fsp3) is 0.391. The largest absolute Gasteiger partial charge is 0.495 e. The van der Waals surface area contributed by atoms with Crippen LogP contribution in [0.4, 0.5) is 5.69 Å². The van der Waals surface area contributed by atoms with Gasteiger partial charge in [-0.1, -0.05) is 30.3 Å². The monoisotopic (exact) mass is 461 g/mol. The van der Waals surface area contributed by atoms with Gasteiger partial charge in [-0.05, 0) is 49.6 Å². The van der Waals surface area contributed by atoms with Gasteiger partial charge in [-0.25, -0.2) is 8.42 Å². The van der Waals surface area contributed by atoms with E-state index in [0.717, 1.165) is 27.3 Å². The SMILES string of the molecule is CNC(=O)[C@@H](C)N(Cc1ccccc1C)C(=O)CN(c1cc(C)ccc1OC)S(C)(=O)=O. The highest BCUT2D eigenvalue weighted by Gasteiger charge is 2.31. The first-order valence-electron chi connectivity index (χ1n) is 10.2. The third kappa shape index (κ3) is 6.00. The highest BCUT2D eigenvalue weighted by molar-refractivity contribution is 7.92. The summed E-state index contributed by atoms with van der Waals surface area (Å²) < 4.78 is 31.7. The Labute approximate surface area is 190 Å². The molecule has 0 saturated heterocycles. The number of ether oxygens (including phenoxy) is 1. The lowest BCUT2D eigenvalue weighted by molar-refractivity contribution is -0.139. The highest BCUT2D eigenvalue weighted by atomic mass is 32.2. The summed E-state index contributed by atoms with van der Waals surface area (Å²) in [6, 6.07) is 11.9. The Morgan fingerprint density at radius 2 is 1.78 bits per heavy atom. The zero-order chi connectivity index (χ0) is 24.1. The molecule has 9 heteroatoms. The predicted molar refractivity (Wildman–Crippen MR) is 125 cm³/mol. The fourth-order valence-electron chi connectivity index (χ4n) is 3.35. The van der Waals surface area contributed by atoms with E-state index in [1.165, 1.54) is 19.1 Å². The molecule has 1 N–H and O–H groups in total. The number of nitrogens with one attached hydrogen (secondary N) is 1. The molecule has 0 heterocycles. The maximum Gasteiger partial charge on any atom is 0.244 e. The number of amides is 2. The lowest BCUT2D eigenvalue weighted by atomic mass is 10.1. The van der Waals surface area contributed by atoms with Crippen LogP contribution in [0.5, 0.6) is 5.75 Å². The normalized spacial score (nSPS) is 12.1. The van der Waals surface area contributed by atoms with Crippen molar-refractivity contribution in [2.24, 2.45) is 0 Å². The zero-order valence-corrected chi connectivity index (χ0v) is 20.2. The van der Waals surface area contributed by atoms with Gasteiger partial charge in [0.15, 0.2) is 0 Å². The second kappa shape index (κ2) is 10.5. The lowest BCUT2D eigenvalue weighted by Crippen LogP contribution is -2.50. The molecule has 32 heavy (non-hydrogen) atoms. The van der Waals surface area contributed by atoms with Crippen molar-refractivity contribution in [1.82, 2.24) is 10.2 Å². The molecule has 0 bridgehead atoms. The number of carbonyl (C=O) groups is 2. The molecule has 2 rings (SSSR count).